The van der Waals surface area contributed by atoms with Gasteiger partial charge in [0.1, 0.15) is 5.82 Å². The van der Waals surface area contributed by atoms with E-state index in [-0.39, 0.29) is 23.7 Å². The van der Waals surface area contributed by atoms with E-state index in [2.05, 4.69) is 24.1 Å². The predicted octanol–water partition coefficient (Wildman–Crippen LogP) is 3.06. The molecule has 1 saturated heterocycles. The topological polar surface area (TPSA) is 52.7 Å². The number of nitrogens with zero attached hydrogens (tertiary/aromatic N) is 2. The highest BCUT2D eigenvalue weighted by Gasteiger charge is 2.21. The van der Waals surface area contributed by atoms with Crippen molar-refractivity contribution in [3.63, 3.8) is 0 Å². The van der Waals surface area contributed by atoms with Crippen molar-refractivity contribution < 1.29 is 14.0 Å². The molecule has 1 atom stereocenters. The maximum atomic E-state index is 13.0. The number of rotatable bonds is 8. The zero-order valence-electron chi connectivity index (χ0n) is 16.5. The van der Waals surface area contributed by atoms with Gasteiger partial charge in [0.05, 0.1) is 6.54 Å². The first-order chi connectivity index (χ1) is 13.0. The molecular weight excluding hydrogens is 345 g/mol. The van der Waals surface area contributed by atoms with E-state index in [1.807, 2.05) is 0 Å². The van der Waals surface area contributed by atoms with Crippen LogP contribution in [0.4, 0.5) is 4.39 Å². The van der Waals surface area contributed by atoms with E-state index in [9.17, 15) is 14.0 Å². The first-order valence-electron chi connectivity index (χ1n) is 10.1. The first kappa shape index (κ1) is 21.4. The molecule has 0 aromatic heterocycles. The van der Waals surface area contributed by atoms with Crippen molar-refractivity contribution in [1.29, 1.82) is 0 Å². The van der Waals surface area contributed by atoms with E-state index in [1.54, 1.807) is 4.90 Å². The average molecular weight is 378 g/mol. The Morgan fingerprint density at radius 2 is 1.85 bits per heavy atom. The molecule has 1 heterocycles. The Morgan fingerprint density at radius 1 is 1.11 bits per heavy atom. The molecule has 150 valence electrons. The summed E-state index contributed by atoms with van der Waals surface area (Å²) in [7, 11) is 0. The standard InChI is InChI=1S/C21H32FN3O2/c1-3-4-5-7-17(2)23-20(26)16-24-12-6-13-25(15-14-24)21(27)18-8-10-19(22)11-9-18/h8-11,17H,3-7,12-16H2,1-2H3,(H,23,26). The predicted molar refractivity (Wildman–Crippen MR) is 105 cm³/mol. The van der Waals surface area contributed by atoms with Crippen molar-refractivity contribution in [2.45, 2.75) is 52.0 Å². The molecule has 0 bridgehead atoms. The second kappa shape index (κ2) is 11.0. The fourth-order valence-corrected chi connectivity index (χ4v) is 3.40. The van der Waals surface area contributed by atoms with Gasteiger partial charge in [0, 0.05) is 37.8 Å². The van der Waals surface area contributed by atoms with Gasteiger partial charge in [-0.2, -0.15) is 0 Å². The zero-order valence-corrected chi connectivity index (χ0v) is 16.5. The summed E-state index contributed by atoms with van der Waals surface area (Å²) in [6.45, 7) is 7.30. The third-order valence-corrected chi connectivity index (χ3v) is 4.98. The van der Waals surface area contributed by atoms with Crippen LogP contribution >= 0.6 is 0 Å². The fourth-order valence-electron chi connectivity index (χ4n) is 3.40. The lowest BCUT2D eigenvalue weighted by atomic mass is 10.1. The van der Waals surface area contributed by atoms with Crippen LogP contribution in [0.2, 0.25) is 0 Å². The Kier molecular flexibility index (Phi) is 8.72. The highest BCUT2D eigenvalue weighted by molar-refractivity contribution is 5.94. The van der Waals surface area contributed by atoms with Gasteiger partial charge in [0.2, 0.25) is 5.91 Å². The van der Waals surface area contributed by atoms with E-state index in [4.69, 9.17) is 0 Å². The molecule has 2 amide bonds. The smallest absolute Gasteiger partial charge is 0.253 e. The van der Waals surface area contributed by atoms with Crippen LogP contribution in [0.5, 0.6) is 0 Å². The maximum absolute atomic E-state index is 13.0. The highest BCUT2D eigenvalue weighted by Crippen LogP contribution is 2.10. The third-order valence-electron chi connectivity index (χ3n) is 4.98. The van der Waals surface area contributed by atoms with Crippen LogP contribution in [0, 0.1) is 5.82 Å². The summed E-state index contributed by atoms with van der Waals surface area (Å²) in [6, 6.07) is 5.86. The Bertz CT molecular complexity index is 606. The highest BCUT2D eigenvalue weighted by atomic mass is 19.1. The molecule has 1 unspecified atom stereocenters. The molecule has 2 rings (SSSR count). The summed E-state index contributed by atoms with van der Waals surface area (Å²) < 4.78 is 13.0. The van der Waals surface area contributed by atoms with Gasteiger partial charge in [0.25, 0.3) is 5.91 Å². The molecule has 0 spiro atoms. The number of carbonyl (C=O) groups excluding carboxylic acids is 2. The van der Waals surface area contributed by atoms with Crippen LogP contribution in [-0.2, 0) is 4.79 Å². The van der Waals surface area contributed by atoms with E-state index >= 15 is 0 Å². The summed E-state index contributed by atoms with van der Waals surface area (Å²) in [5, 5.41) is 3.07. The Balaban J connectivity index is 1.77. The van der Waals surface area contributed by atoms with Gasteiger partial charge >= 0.3 is 0 Å². The molecule has 1 fully saturated rings. The average Bonchev–Trinajstić information content (AvgIpc) is 2.87. The van der Waals surface area contributed by atoms with Gasteiger partial charge in [0.15, 0.2) is 0 Å². The number of hydrogen-bond donors (Lipinski definition) is 1. The van der Waals surface area contributed by atoms with Gasteiger partial charge in [-0.3, -0.25) is 14.5 Å². The molecule has 0 radical (unpaired) electrons. The van der Waals surface area contributed by atoms with Gasteiger partial charge in [-0.15, -0.1) is 0 Å². The van der Waals surface area contributed by atoms with Crippen molar-refractivity contribution in [2.24, 2.45) is 0 Å². The van der Waals surface area contributed by atoms with Crippen molar-refractivity contribution in [1.82, 2.24) is 15.1 Å². The largest absolute Gasteiger partial charge is 0.353 e. The lowest BCUT2D eigenvalue weighted by Crippen LogP contribution is -2.42. The number of benzene rings is 1. The molecule has 1 aliphatic heterocycles. The van der Waals surface area contributed by atoms with E-state index in [0.29, 0.717) is 31.7 Å². The van der Waals surface area contributed by atoms with Gasteiger partial charge in [-0.1, -0.05) is 26.2 Å². The number of halogens is 1. The summed E-state index contributed by atoms with van der Waals surface area (Å²) in [6.07, 6.45) is 5.36. The molecule has 1 N–H and O–H groups in total. The SMILES string of the molecule is CCCCCC(C)NC(=O)CN1CCCN(C(=O)c2ccc(F)cc2)CC1. The normalized spacial score (nSPS) is 16.6. The molecule has 5 nitrogen and oxygen atoms in total. The lowest BCUT2D eigenvalue weighted by molar-refractivity contribution is -0.122. The molecule has 1 aromatic carbocycles. The van der Waals surface area contributed by atoms with Crippen LogP contribution in [-0.4, -0.2) is 60.4 Å². The first-order valence-corrected chi connectivity index (χ1v) is 10.1. The molecular formula is C21H32FN3O2. The molecule has 27 heavy (non-hydrogen) atoms. The minimum absolute atomic E-state index is 0.0531. The van der Waals surface area contributed by atoms with Crippen LogP contribution in [0.1, 0.15) is 56.3 Å². The zero-order chi connectivity index (χ0) is 19.6. The summed E-state index contributed by atoms with van der Waals surface area (Å²) in [5.74, 6) is -0.369. The number of amides is 2. The number of nitrogens with one attached hydrogen (secondary N) is 1. The quantitative estimate of drug-likeness (QED) is 0.709. The Hall–Kier alpha value is -1.95. The van der Waals surface area contributed by atoms with E-state index < -0.39 is 0 Å². The molecule has 0 aliphatic carbocycles. The van der Waals surface area contributed by atoms with Crippen molar-refractivity contribution in [2.75, 3.05) is 32.7 Å². The van der Waals surface area contributed by atoms with Crippen molar-refractivity contribution in [3.05, 3.63) is 35.6 Å². The molecule has 6 heteroatoms. The molecule has 1 aliphatic rings. The maximum Gasteiger partial charge on any atom is 0.253 e. The molecule has 0 saturated carbocycles. The van der Waals surface area contributed by atoms with Crippen LogP contribution < -0.4 is 5.32 Å². The molecule has 1 aromatic rings. The summed E-state index contributed by atoms with van der Waals surface area (Å²) in [4.78, 5) is 28.7. The number of unbranched alkanes of at least 4 members (excludes halogenated alkanes) is 2. The second-order valence-corrected chi connectivity index (χ2v) is 7.39. The second-order valence-electron chi connectivity index (χ2n) is 7.39. The Morgan fingerprint density at radius 3 is 2.56 bits per heavy atom. The van der Waals surface area contributed by atoms with Crippen LogP contribution in [0.3, 0.4) is 0 Å². The fraction of sp³-hybridized carbons (Fsp3) is 0.619. The van der Waals surface area contributed by atoms with Gasteiger partial charge < -0.3 is 10.2 Å². The van der Waals surface area contributed by atoms with Crippen molar-refractivity contribution in [3.8, 4) is 0 Å². The minimum atomic E-state index is -0.344. The monoisotopic (exact) mass is 377 g/mol. The van der Waals surface area contributed by atoms with Crippen LogP contribution in [0.25, 0.3) is 0 Å². The summed E-state index contributed by atoms with van der Waals surface area (Å²) in [5.41, 5.74) is 0.503. The van der Waals surface area contributed by atoms with Gasteiger partial charge in [-0.05, 0) is 44.0 Å². The van der Waals surface area contributed by atoms with E-state index in [1.165, 1.54) is 37.1 Å². The van der Waals surface area contributed by atoms with E-state index in [0.717, 1.165) is 25.8 Å². The number of hydrogen-bond acceptors (Lipinski definition) is 3. The third kappa shape index (κ3) is 7.29. The van der Waals surface area contributed by atoms with Gasteiger partial charge in [-0.25, -0.2) is 4.39 Å². The van der Waals surface area contributed by atoms with Crippen LogP contribution in [0.15, 0.2) is 24.3 Å². The summed E-state index contributed by atoms with van der Waals surface area (Å²) >= 11 is 0. The minimum Gasteiger partial charge on any atom is -0.353 e. The van der Waals surface area contributed by atoms with Crippen molar-refractivity contribution >= 4 is 11.8 Å². The lowest BCUT2D eigenvalue weighted by Gasteiger charge is -2.22. The Labute approximate surface area is 161 Å². The number of carbonyl (C=O) groups is 2.